The fourth-order valence-corrected chi connectivity index (χ4v) is 4.11. The SMILES string of the molecule is CCCNC(=O)CSc1nc2sc(C)c(C)c2c(=O)n1CC. The van der Waals surface area contributed by atoms with Crippen LogP contribution in [-0.2, 0) is 11.3 Å². The Bertz CT molecular complexity index is 749. The first kappa shape index (κ1) is 17.0. The highest BCUT2D eigenvalue weighted by Crippen LogP contribution is 2.28. The summed E-state index contributed by atoms with van der Waals surface area (Å²) >= 11 is 2.86. The van der Waals surface area contributed by atoms with E-state index in [9.17, 15) is 9.59 Å². The van der Waals surface area contributed by atoms with Crippen molar-refractivity contribution in [3.8, 4) is 0 Å². The van der Waals surface area contributed by atoms with Crippen LogP contribution in [0.15, 0.2) is 9.95 Å². The second kappa shape index (κ2) is 7.28. The molecule has 2 heterocycles. The second-order valence-electron chi connectivity index (χ2n) is 5.05. The molecule has 0 aliphatic rings. The molecule has 0 saturated heterocycles. The van der Waals surface area contributed by atoms with E-state index in [-0.39, 0.29) is 17.2 Å². The topological polar surface area (TPSA) is 64.0 Å². The highest BCUT2D eigenvalue weighted by Gasteiger charge is 2.16. The Morgan fingerprint density at radius 1 is 1.36 bits per heavy atom. The normalized spacial score (nSPS) is 11.1. The number of fused-ring (bicyclic) bond motifs is 1. The first-order chi connectivity index (χ1) is 10.5. The summed E-state index contributed by atoms with van der Waals surface area (Å²) in [6.45, 7) is 9.12. The summed E-state index contributed by atoms with van der Waals surface area (Å²) in [6, 6.07) is 0. The molecule has 2 aromatic heterocycles. The number of thioether (sulfide) groups is 1. The van der Waals surface area contributed by atoms with Crippen molar-refractivity contribution in [3.63, 3.8) is 0 Å². The lowest BCUT2D eigenvalue weighted by atomic mass is 10.2. The maximum absolute atomic E-state index is 12.6. The van der Waals surface area contributed by atoms with Crippen LogP contribution in [0.3, 0.4) is 0 Å². The van der Waals surface area contributed by atoms with Gasteiger partial charge in [-0.25, -0.2) is 4.98 Å². The summed E-state index contributed by atoms with van der Waals surface area (Å²) in [5.41, 5.74) is 1.00. The molecule has 0 atom stereocenters. The van der Waals surface area contributed by atoms with E-state index in [4.69, 9.17) is 0 Å². The summed E-state index contributed by atoms with van der Waals surface area (Å²) in [7, 11) is 0. The number of nitrogens with one attached hydrogen (secondary N) is 1. The zero-order valence-corrected chi connectivity index (χ0v) is 15.0. The molecular weight excluding hydrogens is 318 g/mol. The van der Waals surface area contributed by atoms with Crippen LogP contribution in [0.5, 0.6) is 0 Å². The third kappa shape index (κ3) is 3.35. The second-order valence-corrected chi connectivity index (χ2v) is 7.19. The molecule has 0 fully saturated rings. The lowest BCUT2D eigenvalue weighted by Crippen LogP contribution is -2.27. The van der Waals surface area contributed by atoms with Gasteiger partial charge in [0.1, 0.15) is 4.83 Å². The summed E-state index contributed by atoms with van der Waals surface area (Å²) in [5, 5.41) is 4.16. The zero-order chi connectivity index (χ0) is 16.3. The third-order valence-electron chi connectivity index (χ3n) is 3.47. The van der Waals surface area contributed by atoms with Crippen molar-refractivity contribution in [2.75, 3.05) is 12.3 Å². The molecule has 0 unspecified atom stereocenters. The number of carbonyl (C=O) groups is 1. The first-order valence-corrected chi connectivity index (χ1v) is 9.19. The number of aromatic nitrogens is 2. The van der Waals surface area contributed by atoms with Gasteiger partial charge in [0.15, 0.2) is 5.16 Å². The molecule has 0 saturated carbocycles. The van der Waals surface area contributed by atoms with Gasteiger partial charge in [0.05, 0.1) is 11.1 Å². The molecule has 120 valence electrons. The van der Waals surface area contributed by atoms with Crippen molar-refractivity contribution in [2.24, 2.45) is 0 Å². The molecule has 5 nitrogen and oxygen atoms in total. The van der Waals surface area contributed by atoms with Crippen molar-refractivity contribution < 1.29 is 4.79 Å². The largest absolute Gasteiger partial charge is 0.355 e. The van der Waals surface area contributed by atoms with Crippen LogP contribution in [0.2, 0.25) is 0 Å². The molecule has 0 radical (unpaired) electrons. The Morgan fingerprint density at radius 3 is 2.73 bits per heavy atom. The number of nitrogens with zero attached hydrogens (tertiary/aromatic N) is 2. The van der Waals surface area contributed by atoms with Crippen LogP contribution >= 0.6 is 23.1 Å². The maximum Gasteiger partial charge on any atom is 0.263 e. The van der Waals surface area contributed by atoms with Crippen molar-refractivity contribution in [2.45, 2.75) is 45.8 Å². The maximum atomic E-state index is 12.6. The molecular formula is C15H21N3O2S2. The van der Waals surface area contributed by atoms with Crippen LogP contribution in [0.1, 0.15) is 30.7 Å². The van der Waals surface area contributed by atoms with Gasteiger partial charge in [-0.2, -0.15) is 0 Å². The van der Waals surface area contributed by atoms with E-state index in [2.05, 4.69) is 10.3 Å². The molecule has 0 aliphatic heterocycles. The number of carbonyl (C=O) groups excluding carboxylic acids is 1. The van der Waals surface area contributed by atoms with Crippen molar-refractivity contribution in [3.05, 3.63) is 20.8 Å². The van der Waals surface area contributed by atoms with Crippen molar-refractivity contribution in [1.82, 2.24) is 14.9 Å². The fourth-order valence-electron chi connectivity index (χ4n) is 2.14. The van der Waals surface area contributed by atoms with Gasteiger partial charge in [0, 0.05) is 18.0 Å². The van der Waals surface area contributed by atoms with Crippen molar-refractivity contribution in [1.29, 1.82) is 0 Å². The minimum atomic E-state index is -0.0256. The number of amides is 1. The van der Waals surface area contributed by atoms with Gasteiger partial charge in [0.2, 0.25) is 5.91 Å². The van der Waals surface area contributed by atoms with Crippen LogP contribution in [-0.4, -0.2) is 27.8 Å². The highest BCUT2D eigenvalue weighted by molar-refractivity contribution is 7.99. The fraction of sp³-hybridized carbons (Fsp3) is 0.533. The van der Waals surface area contributed by atoms with Crippen LogP contribution in [0.25, 0.3) is 10.2 Å². The quantitative estimate of drug-likeness (QED) is 0.649. The van der Waals surface area contributed by atoms with E-state index >= 15 is 0 Å². The van der Waals surface area contributed by atoms with Gasteiger partial charge < -0.3 is 5.32 Å². The minimum absolute atomic E-state index is 0.00850. The minimum Gasteiger partial charge on any atom is -0.355 e. The summed E-state index contributed by atoms with van der Waals surface area (Å²) < 4.78 is 1.65. The number of aryl methyl sites for hydroxylation is 2. The number of hydrogen-bond acceptors (Lipinski definition) is 5. The molecule has 22 heavy (non-hydrogen) atoms. The van der Waals surface area contributed by atoms with Crippen LogP contribution < -0.4 is 10.9 Å². The molecule has 0 spiro atoms. The Hall–Kier alpha value is -1.34. The van der Waals surface area contributed by atoms with Gasteiger partial charge in [0.25, 0.3) is 5.56 Å². The van der Waals surface area contributed by atoms with Crippen LogP contribution in [0, 0.1) is 13.8 Å². The Morgan fingerprint density at radius 2 is 2.09 bits per heavy atom. The molecule has 2 rings (SSSR count). The Balaban J connectivity index is 2.33. The zero-order valence-electron chi connectivity index (χ0n) is 13.4. The summed E-state index contributed by atoms with van der Waals surface area (Å²) in [4.78, 5) is 30.9. The predicted molar refractivity (Wildman–Crippen MR) is 93.1 cm³/mol. The number of thiophene rings is 1. The van der Waals surface area contributed by atoms with Gasteiger partial charge in [-0.1, -0.05) is 18.7 Å². The van der Waals surface area contributed by atoms with Crippen molar-refractivity contribution >= 4 is 39.2 Å². The molecule has 0 bridgehead atoms. The average molecular weight is 339 g/mol. The lowest BCUT2D eigenvalue weighted by Gasteiger charge is -2.10. The number of hydrogen-bond donors (Lipinski definition) is 1. The monoisotopic (exact) mass is 339 g/mol. The molecule has 2 aromatic rings. The molecule has 0 aliphatic carbocycles. The van der Waals surface area contributed by atoms with Gasteiger partial charge in [-0.15, -0.1) is 11.3 Å². The highest BCUT2D eigenvalue weighted by atomic mass is 32.2. The van der Waals surface area contributed by atoms with E-state index < -0.39 is 0 Å². The molecule has 7 heteroatoms. The predicted octanol–water partition coefficient (Wildman–Crippen LogP) is 2.71. The summed E-state index contributed by atoms with van der Waals surface area (Å²) in [5.74, 6) is 0.253. The molecule has 0 aromatic carbocycles. The van der Waals surface area contributed by atoms with Gasteiger partial charge >= 0.3 is 0 Å². The molecule has 1 amide bonds. The van der Waals surface area contributed by atoms with E-state index in [1.165, 1.54) is 23.1 Å². The van der Waals surface area contributed by atoms with E-state index in [1.807, 2.05) is 27.7 Å². The Labute approximate surface area is 138 Å². The van der Waals surface area contributed by atoms with E-state index in [1.54, 1.807) is 4.57 Å². The lowest BCUT2D eigenvalue weighted by molar-refractivity contribution is -0.118. The Kier molecular flexibility index (Phi) is 5.63. The molecule has 1 N–H and O–H groups in total. The summed E-state index contributed by atoms with van der Waals surface area (Å²) in [6.07, 6.45) is 0.911. The van der Waals surface area contributed by atoms with E-state index in [0.29, 0.717) is 23.6 Å². The van der Waals surface area contributed by atoms with E-state index in [0.717, 1.165) is 21.7 Å². The third-order valence-corrected chi connectivity index (χ3v) is 5.55. The number of rotatable bonds is 6. The van der Waals surface area contributed by atoms with Gasteiger partial charge in [-0.05, 0) is 32.8 Å². The average Bonchev–Trinajstić information content (AvgIpc) is 2.78. The first-order valence-electron chi connectivity index (χ1n) is 7.39. The smallest absolute Gasteiger partial charge is 0.263 e. The van der Waals surface area contributed by atoms with Gasteiger partial charge in [-0.3, -0.25) is 14.2 Å². The standard InChI is InChI=1S/C15H21N3O2S2/c1-5-7-16-11(19)8-21-15-17-13-12(9(3)10(4)22-13)14(20)18(15)6-2/h5-8H2,1-4H3,(H,16,19). The van der Waals surface area contributed by atoms with Crippen LogP contribution in [0.4, 0.5) is 0 Å².